The Labute approximate surface area is 127 Å². The average molecular weight is 280 g/mol. The highest BCUT2D eigenvalue weighted by Crippen LogP contribution is 2.30. The smallest absolute Gasteiger partial charge is 0.0362 e. The van der Waals surface area contributed by atoms with Crippen molar-refractivity contribution in [2.75, 3.05) is 12.3 Å². The Morgan fingerprint density at radius 3 is 2.52 bits per heavy atom. The van der Waals surface area contributed by atoms with E-state index in [-0.39, 0.29) is 0 Å². The van der Waals surface area contributed by atoms with Gasteiger partial charge in [-0.1, -0.05) is 41.5 Å². The second kappa shape index (κ2) is 5.53. The molecule has 1 aliphatic heterocycles. The number of rotatable bonds is 2. The van der Waals surface area contributed by atoms with Crippen LogP contribution in [0.5, 0.6) is 0 Å². The molecule has 2 aromatic rings. The zero-order valence-corrected chi connectivity index (χ0v) is 13.2. The molecule has 1 heterocycles. The Morgan fingerprint density at radius 1 is 1.10 bits per heavy atom. The summed E-state index contributed by atoms with van der Waals surface area (Å²) < 4.78 is 0. The maximum Gasteiger partial charge on any atom is 0.0362 e. The first-order valence-corrected chi connectivity index (χ1v) is 7.73. The molecule has 0 fully saturated rings. The molecular formula is C19H24N2. The highest BCUT2D eigenvalue weighted by molar-refractivity contribution is 5.51. The van der Waals surface area contributed by atoms with Gasteiger partial charge in [-0.25, -0.2) is 0 Å². The summed E-state index contributed by atoms with van der Waals surface area (Å²) in [4.78, 5) is 2.53. The van der Waals surface area contributed by atoms with Crippen LogP contribution in [0.25, 0.3) is 0 Å². The molecule has 2 aromatic carbocycles. The minimum atomic E-state index is 0.427. The van der Waals surface area contributed by atoms with Gasteiger partial charge in [0.05, 0.1) is 0 Å². The third-order valence-electron chi connectivity index (χ3n) is 4.61. The van der Waals surface area contributed by atoms with Gasteiger partial charge >= 0.3 is 0 Å². The first-order valence-electron chi connectivity index (χ1n) is 7.73. The number of hydrogen-bond acceptors (Lipinski definition) is 2. The summed E-state index contributed by atoms with van der Waals surface area (Å²) in [6, 6.07) is 13.6. The van der Waals surface area contributed by atoms with Gasteiger partial charge < -0.3 is 5.73 Å². The standard InChI is InChI=1S/C19H24N2/c1-13-9-14(2)11-17(10-13)15(3)21-8-7-16-5-4-6-19(20)18(16)12-21/h4-6,9-11,15H,7-8,12,20H2,1-3H3. The van der Waals surface area contributed by atoms with Crippen molar-refractivity contribution in [3.05, 3.63) is 64.2 Å². The van der Waals surface area contributed by atoms with Crippen LogP contribution >= 0.6 is 0 Å². The van der Waals surface area contributed by atoms with E-state index < -0.39 is 0 Å². The molecule has 1 atom stereocenters. The van der Waals surface area contributed by atoms with Gasteiger partial charge in [-0.05, 0) is 49.9 Å². The predicted octanol–water partition coefficient (Wildman–Crippen LogP) is 4.00. The van der Waals surface area contributed by atoms with Crippen LogP contribution in [0.3, 0.4) is 0 Å². The zero-order valence-electron chi connectivity index (χ0n) is 13.2. The number of nitrogen functional groups attached to an aromatic ring is 1. The summed E-state index contributed by atoms with van der Waals surface area (Å²) in [6.45, 7) is 8.71. The lowest BCUT2D eigenvalue weighted by atomic mass is 9.95. The van der Waals surface area contributed by atoms with Crippen molar-refractivity contribution >= 4 is 5.69 Å². The number of nitrogens with two attached hydrogens (primary N) is 1. The van der Waals surface area contributed by atoms with E-state index in [1.54, 1.807) is 0 Å². The number of aryl methyl sites for hydroxylation is 2. The molecule has 1 unspecified atom stereocenters. The monoisotopic (exact) mass is 280 g/mol. The Bertz CT molecular complexity index is 640. The molecule has 3 rings (SSSR count). The largest absolute Gasteiger partial charge is 0.398 e. The van der Waals surface area contributed by atoms with Crippen LogP contribution in [-0.2, 0) is 13.0 Å². The van der Waals surface area contributed by atoms with Crippen LogP contribution in [0, 0.1) is 13.8 Å². The highest BCUT2D eigenvalue weighted by Gasteiger charge is 2.23. The van der Waals surface area contributed by atoms with Crippen LogP contribution in [-0.4, -0.2) is 11.4 Å². The zero-order chi connectivity index (χ0) is 15.0. The lowest BCUT2D eigenvalue weighted by Crippen LogP contribution is -2.33. The van der Waals surface area contributed by atoms with Gasteiger partial charge in [-0.15, -0.1) is 0 Å². The Hall–Kier alpha value is -1.80. The molecule has 2 N–H and O–H groups in total. The van der Waals surface area contributed by atoms with E-state index in [9.17, 15) is 0 Å². The van der Waals surface area contributed by atoms with Crippen molar-refractivity contribution in [3.63, 3.8) is 0 Å². The number of fused-ring (bicyclic) bond motifs is 1. The lowest BCUT2D eigenvalue weighted by Gasteiger charge is -2.34. The van der Waals surface area contributed by atoms with Gasteiger partial charge in [0, 0.05) is 24.8 Å². The fourth-order valence-corrected chi connectivity index (χ4v) is 3.42. The summed E-state index contributed by atoms with van der Waals surface area (Å²) in [5.74, 6) is 0. The number of anilines is 1. The highest BCUT2D eigenvalue weighted by atomic mass is 15.2. The molecule has 2 heteroatoms. The van der Waals surface area contributed by atoms with Gasteiger partial charge in [0.15, 0.2) is 0 Å². The maximum atomic E-state index is 6.16. The molecule has 1 aliphatic rings. The normalized spacial score (nSPS) is 16.5. The van der Waals surface area contributed by atoms with Gasteiger partial charge in [0.25, 0.3) is 0 Å². The van der Waals surface area contributed by atoms with Crippen molar-refractivity contribution in [1.82, 2.24) is 4.90 Å². The molecule has 0 aliphatic carbocycles. The minimum absolute atomic E-state index is 0.427. The van der Waals surface area contributed by atoms with Gasteiger partial charge in [-0.3, -0.25) is 4.90 Å². The molecule has 0 amide bonds. The van der Waals surface area contributed by atoms with Gasteiger partial charge in [0.1, 0.15) is 0 Å². The van der Waals surface area contributed by atoms with E-state index in [2.05, 4.69) is 56.0 Å². The van der Waals surface area contributed by atoms with Crippen LogP contribution in [0.4, 0.5) is 5.69 Å². The second-order valence-electron chi connectivity index (χ2n) is 6.30. The number of hydrogen-bond donors (Lipinski definition) is 1. The molecule has 0 bridgehead atoms. The lowest BCUT2D eigenvalue weighted by molar-refractivity contribution is 0.192. The molecule has 21 heavy (non-hydrogen) atoms. The van der Waals surface area contributed by atoms with E-state index in [1.165, 1.54) is 27.8 Å². The summed E-state index contributed by atoms with van der Waals surface area (Å²) in [5.41, 5.74) is 13.9. The van der Waals surface area contributed by atoms with Crippen LogP contribution in [0.2, 0.25) is 0 Å². The SMILES string of the molecule is Cc1cc(C)cc(C(C)N2CCc3cccc(N)c3C2)c1. The maximum absolute atomic E-state index is 6.16. The number of benzene rings is 2. The van der Waals surface area contributed by atoms with Crippen molar-refractivity contribution < 1.29 is 0 Å². The van der Waals surface area contributed by atoms with Crippen molar-refractivity contribution in [3.8, 4) is 0 Å². The first-order chi connectivity index (χ1) is 10.0. The quantitative estimate of drug-likeness (QED) is 0.842. The van der Waals surface area contributed by atoms with E-state index >= 15 is 0 Å². The Morgan fingerprint density at radius 2 is 1.81 bits per heavy atom. The molecule has 2 nitrogen and oxygen atoms in total. The number of nitrogens with zero attached hydrogens (tertiary/aromatic N) is 1. The van der Waals surface area contributed by atoms with Crippen molar-refractivity contribution in [2.24, 2.45) is 0 Å². The summed E-state index contributed by atoms with van der Waals surface area (Å²) in [7, 11) is 0. The third-order valence-corrected chi connectivity index (χ3v) is 4.61. The molecule has 0 spiro atoms. The first kappa shape index (κ1) is 14.2. The molecule has 0 saturated carbocycles. The van der Waals surface area contributed by atoms with Crippen molar-refractivity contribution in [2.45, 2.75) is 39.8 Å². The topological polar surface area (TPSA) is 29.3 Å². The van der Waals surface area contributed by atoms with Crippen molar-refractivity contribution in [1.29, 1.82) is 0 Å². The van der Waals surface area contributed by atoms with Crippen LogP contribution in [0.15, 0.2) is 36.4 Å². The second-order valence-corrected chi connectivity index (χ2v) is 6.30. The van der Waals surface area contributed by atoms with Gasteiger partial charge in [-0.2, -0.15) is 0 Å². The van der Waals surface area contributed by atoms with Crippen LogP contribution < -0.4 is 5.73 Å². The van der Waals surface area contributed by atoms with Crippen LogP contribution in [0.1, 0.15) is 40.8 Å². The van der Waals surface area contributed by atoms with E-state index in [0.717, 1.165) is 25.2 Å². The molecule has 0 saturated heterocycles. The van der Waals surface area contributed by atoms with E-state index in [1.807, 2.05) is 6.07 Å². The third kappa shape index (κ3) is 2.81. The average Bonchev–Trinajstić information content (AvgIpc) is 2.45. The fourth-order valence-electron chi connectivity index (χ4n) is 3.42. The predicted molar refractivity (Wildman–Crippen MR) is 89.3 cm³/mol. The Kier molecular flexibility index (Phi) is 3.73. The Balaban J connectivity index is 1.87. The molecular weight excluding hydrogens is 256 g/mol. The molecule has 110 valence electrons. The fraction of sp³-hybridized carbons (Fsp3) is 0.368. The van der Waals surface area contributed by atoms with E-state index in [4.69, 9.17) is 5.73 Å². The molecule has 0 radical (unpaired) electrons. The minimum Gasteiger partial charge on any atom is -0.398 e. The van der Waals surface area contributed by atoms with E-state index in [0.29, 0.717) is 6.04 Å². The molecule has 0 aromatic heterocycles. The summed E-state index contributed by atoms with van der Waals surface area (Å²) >= 11 is 0. The van der Waals surface area contributed by atoms with Gasteiger partial charge in [0.2, 0.25) is 0 Å². The summed E-state index contributed by atoms with van der Waals surface area (Å²) in [6.07, 6.45) is 1.09. The summed E-state index contributed by atoms with van der Waals surface area (Å²) in [5, 5.41) is 0.